The lowest BCUT2D eigenvalue weighted by Gasteiger charge is -2.30. The Morgan fingerprint density at radius 3 is 2.05 bits per heavy atom. The van der Waals surface area contributed by atoms with Crippen molar-refractivity contribution in [1.29, 1.82) is 0 Å². The number of hydrogen-bond donors (Lipinski definition) is 0. The van der Waals surface area contributed by atoms with E-state index in [0.717, 1.165) is 33.1 Å². The molecule has 41 heavy (non-hydrogen) atoms. The molecule has 0 fully saturated rings. The summed E-state index contributed by atoms with van der Waals surface area (Å²) in [5, 5.41) is 5.89. The van der Waals surface area contributed by atoms with Crippen molar-refractivity contribution in [2.24, 2.45) is 0 Å². The molecule has 8 aromatic rings. The van der Waals surface area contributed by atoms with Gasteiger partial charge in [-0.2, -0.15) is 0 Å². The van der Waals surface area contributed by atoms with Gasteiger partial charge in [-0.15, -0.1) is 0 Å². The molecule has 0 bridgehead atoms. The topological polar surface area (TPSA) is 26.0 Å². The molecule has 0 spiro atoms. The summed E-state index contributed by atoms with van der Waals surface area (Å²) in [6, 6.07) is 47.7. The Morgan fingerprint density at radius 1 is 0.512 bits per heavy atom. The Kier molecular flexibility index (Phi) is 4.49. The predicted molar refractivity (Wildman–Crippen MR) is 169 cm³/mol. The van der Waals surface area contributed by atoms with Crippen molar-refractivity contribution in [3.63, 3.8) is 0 Å². The number of nitrogens with zero attached hydrogens (tertiary/aromatic N) is 1. The highest BCUT2D eigenvalue weighted by atomic mass is 16.3. The summed E-state index contributed by atoms with van der Waals surface area (Å²) in [6.07, 6.45) is 0. The summed E-state index contributed by atoms with van der Waals surface area (Å²) in [5.74, 6) is 0. The van der Waals surface area contributed by atoms with Crippen LogP contribution in [-0.4, -0.2) is 4.98 Å². The van der Waals surface area contributed by atoms with Crippen molar-refractivity contribution >= 4 is 43.6 Å². The second-order valence-electron chi connectivity index (χ2n) is 11.2. The van der Waals surface area contributed by atoms with E-state index in [-0.39, 0.29) is 0 Å². The molecule has 2 heterocycles. The molecule has 2 nitrogen and oxygen atoms in total. The molecule has 1 unspecified atom stereocenters. The van der Waals surface area contributed by atoms with Crippen LogP contribution >= 0.6 is 0 Å². The van der Waals surface area contributed by atoms with Crippen LogP contribution in [0.15, 0.2) is 138 Å². The minimum absolute atomic E-state index is 0.399. The number of fused-ring (bicyclic) bond motifs is 9. The van der Waals surface area contributed by atoms with Crippen LogP contribution in [0.25, 0.3) is 66.0 Å². The lowest BCUT2D eigenvalue weighted by atomic mass is 9.72. The highest BCUT2D eigenvalue weighted by Crippen LogP contribution is 2.57. The van der Waals surface area contributed by atoms with Crippen LogP contribution in [0, 0.1) is 0 Å². The van der Waals surface area contributed by atoms with Gasteiger partial charge in [0.25, 0.3) is 0 Å². The molecule has 9 rings (SSSR count). The Labute approximate surface area is 237 Å². The van der Waals surface area contributed by atoms with Crippen molar-refractivity contribution in [2.75, 3.05) is 0 Å². The molecule has 2 heteroatoms. The van der Waals surface area contributed by atoms with Crippen LogP contribution in [0.2, 0.25) is 0 Å². The van der Waals surface area contributed by atoms with E-state index in [4.69, 9.17) is 9.40 Å². The smallest absolute Gasteiger partial charge is 0.135 e. The second kappa shape index (κ2) is 8.16. The summed E-state index contributed by atoms with van der Waals surface area (Å²) in [7, 11) is 0. The van der Waals surface area contributed by atoms with E-state index in [1.165, 1.54) is 49.5 Å². The molecule has 0 N–H and O–H groups in total. The summed E-state index contributed by atoms with van der Waals surface area (Å²) in [4.78, 5) is 5.34. The first-order valence-electron chi connectivity index (χ1n) is 14.1. The molecular formula is C39H25NO. The molecule has 2 aromatic heterocycles. The third-order valence-electron chi connectivity index (χ3n) is 9.13. The number of benzene rings is 6. The van der Waals surface area contributed by atoms with Crippen LogP contribution in [-0.2, 0) is 5.41 Å². The molecule has 1 aliphatic rings. The number of aromatic nitrogens is 1. The normalized spacial score (nSPS) is 16.0. The van der Waals surface area contributed by atoms with Crippen molar-refractivity contribution < 1.29 is 4.42 Å². The molecule has 0 saturated carbocycles. The van der Waals surface area contributed by atoms with E-state index < -0.39 is 5.41 Å². The van der Waals surface area contributed by atoms with Crippen molar-refractivity contribution in [2.45, 2.75) is 12.3 Å². The van der Waals surface area contributed by atoms with Gasteiger partial charge < -0.3 is 4.42 Å². The van der Waals surface area contributed by atoms with E-state index in [0.29, 0.717) is 0 Å². The summed E-state index contributed by atoms with van der Waals surface area (Å²) in [6.45, 7) is 2.37. The van der Waals surface area contributed by atoms with E-state index in [9.17, 15) is 0 Å². The number of hydrogen-bond acceptors (Lipinski definition) is 2. The van der Waals surface area contributed by atoms with Crippen LogP contribution in [0.4, 0.5) is 0 Å². The lowest BCUT2D eigenvalue weighted by molar-refractivity contribution is 0.663. The van der Waals surface area contributed by atoms with E-state index in [2.05, 4.69) is 134 Å². The van der Waals surface area contributed by atoms with Gasteiger partial charge in [0, 0.05) is 32.5 Å². The van der Waals surface area contributed by atoms with Crippen molar-refractivity contribution in [3.05, 3.63) is 150 Å². The van der Waals surface area contributed by atoms with Gasteiger partial charge in [0.15, 0.2) is 0 Å². The SMILES string of the molecule is CC1(c2ccccc2)c2cc3oc4ccccc4c3cc2-c2cccc(-c3nc4ccccc4c4ccccc34)c21. The molecule has 192 valence electrons. The quantitative estimate of drug-likeness (QED) is 0.211. The minimum Gasteiger partial charge on any atom is -0.456 e. The predicted octanol–water partition coefficient (Wildman–Crippen LogP) is 10.3. The van der Waals surface area contributed by atoms with Crippen molar-refractivity contribution in [3.8, 4) is 22.4 Å². The molecule has 0 saturated heterocycles. The largest absolute Gasteiger partial charge is 0.456 e. The first-order valence-corrected chi connectivity index (χ1v) is 14.1. The molecule has 0 aliphatic heterocycles. The first-order chi connectivity index (χ1) is 20.2. The Morgan fingerprint density at radius 2 is 1.20 bits per heavy atom. The third-order valence-corrected chi connectivity index (χ3v) is 9.13. The van der Waals surface area contributed by atoms with Gasteiger partial charge in [-0.1, -0.05) is 109 Å². The van der Waals surface area contributed by atoms with Gasteiger partial charge in [-0.05, 0) is 64.4 Å². The fraction of sp³-hybridized carbons (Fsp3) is 0.0513. The Bertz CT molecular complexity index is 2330. The van der Waals surface area contributed by atoms with Gasteiger partial charge in [-0.25, -0.2) is 4.98 Å². The first kappa shape index (κ1) is 22.6. The molecular weight excluding hydrogens is 498 g/mol. The Hall–Kier alpha value is -5.21. The van der Waals surface area contributed by atoms with Crippen LogP contribution < -0.4 is 0 Å². The number of pyridine rings is 1. The highest BCUT2D eigenvalue weighted by Gasteiger charge is 2.43. The monoisotopic (exact) mass is 523 g/mol. The second-order valence-corrected chi connectivity index (χ2v) is 11.2. The third kappa shape index (κ3) is 2.99. The maximum atomic E-state index is 6.41. The highest BCUT2D eigenvalue weighted by molar-refractivity contribution is 6.12. The van der Waals surface area contributed by atoms with Crippen LogP contribution in [0.3, 0.4) is 0 Å². The molecule has 0 radical (unpaired) electrons. The minimum atomic E-state index is -0.399. The molecule has 1 aliphatic carbocycles. The summed E-state index contributed by atoms with van der Waals surface area (Å²) in [5.41, 5.74) is 11.0. The van der Waals surface area contributed by atoms with E-state index in [1.54, 1.807) is 0 Å². The van der Waals surface area contributed by atoms with E-state index >= 15 is 0 Å². The van der Waals surface area contributed by atoms with E-state index in [1.807, 2.05) is 6.07 Å². The van der Waals surface area contributed by atoms with Gasteiger partial charge in [0.05, 0.1) is 11.2 Å². The number of furan rings is 1. The zero-order chi connectivity index (χ0) is 27.1. The average Bonchev–Trinajstić information content (AvgIpc) is 3.53. The fourth-order valence-electron chi connectivity index (χ4n) is 7.24. The molecule has 6 aromatic carbocycles. The number of para-hydroxylation sites is 2. The van der Waals surface area contributed by atoms with Gasteiger partial charge in [0.1, 0.15) is 11.2 Å². The van der Waals surface area contributed by atoms with Gasteiger partial charge >= 0.3 is 0 Å². The van der Waals surface area contributed by atoms with Crippen molar-refractivity contribution in [1.82, 2.24) is 4.98 Å². The molecule has 0 amide bonds. The van der Waals surface area contributed by atoms with Gasteiger partial charge in [0.2, 0.25) is 0 Å². The zero-order valence-electron chi connectivity index (χ0n) is 22.6. The summed E-state index contributed by atoms with van der Waals surface area (Å²) >= 11 is 0. The standard InChI is InChI=1S/C39H25NO/c1-39(24-12-3-2-4-13-24)33-23-36-32(27-16-8-10-21-35(27)41-36)22-31(33)28-18-11-19-30(37(28)39)38-29-17-6-5-14-25(29)26-15-7-9-20-34(26)40-38/h2-23H,1H3. The van der Waals surface area contributed by atoms with Crippen LogP contribution in [0.1, 0.15) is 23.6 Å². The fourth-order valence-corrected chi connectivity index (χ4v) is 7.24. The maximum absolute atomic E-state index is 6.41. The summed E-state index contributed by atoms with van der Waals surface area (Å²) < 4.78 is 6.41. The molecule has 1 atom stereocenters. The maximum Gasteiger partial charge on any atom is 0.135 e. The Balaban J connectivity index is 1.43. The number of rotatable bonds is 2. The van der Waals surface area contributed by atoms with Gasteiger partial charge in [-0.3, -0.25) is 0 Å². The lowest BCUT2D eigenvalue weighted by Crippen LogP contribution is -2.23. The average molecular weight is 524 g/mol. The zero-order valence-corrected chi connectivity index (χ0v) is 22.6. The van der Waals surface area contributed by atoms with Crippen LogP contribution in [0.5, 0.6) is 0 Å².